The van der Waals surface area contributed by atoms with Gasteiger partial charge in [-0.1, -0.05) is 0 Å². The zero-order valence-corrected chi connectivity index (χ0v) is 9.16. The second kappa shape index (κ2) is 3.56. The van der Waals surface area contributed by atoms with E-state index < -0.39 is 0 Å². The van der Waals surface area contributed by atoms with E-state index in [9.17, 15) is 0 Å². The number of aromatic nitrogens is 2. The van der Waals surface area contributed by atoms with Gasteiger partial charge < -0.3 is 5.32 Å². The molecule has 3 nitrogen and oxygen atoms in total. The molecule has 1 aromatic heterocycles. The van der Waals surface area contributed by atoms with Crippen molar-refractivity contribution in [3.8, 4) is 0 Å². The molecule has 3 heteroatoms. The molecule has 80 valence electrons. The summed E-state index contributed by atoms with van der Waals surface area (Å²) < 4.78 is 0. The second-order valence-electron chi connectivity index (χ2n) is 4.79. The first-order valence-electron chi connectivity index (χ1n) is 5.89. The van der Waals surface area contributed by atoms with Crippen LogP contribution in [0.15, 0.2) is 6.07 Å². The van der Waals surface area contributed by atoms with E-state index in [2.05, 4.69) is 28.3 Å². The predicted octanol–water partition coefficient (Wildman–Crippen LogP) is 1.91. The third-order valence-corrected chi connectivity index (χ3v) is 3.02. The molecule has 0 amide bonds. The smallest absolute Gasteiger partial charge is 0.131 e. The Morgan fingerprint density at radius 3 is 2.73 bits per heavy atom. The van der Waals surface area contributed by atoms with E-state index >= 15 is 0 Å². The Bertz CT molecular complexity index is 367. The van der Waals surface area contributed by atoms with Gasteiger partial charge in [0.25, 0.3) is 0 Å². The molecule has 0 radical (unpaired) electrons. The van der Waals surface area contributed by atoms with Crippen LogP contribution in [0.5, 0.6) is 0 Å². The van der Waals surface area contributed by atoms with Gasteiger partial charge in [-0.2, -0.15) is 0 Å². The maximum Gasteiger partial charge on any atom is 0.131 e. The molecule has 3 rings (SSSR count). The molecule has 1 aromatic rings. The van der Waals surface area contributed by atoms with Gasteiger partial charge >= 0.3 is 0 Å². The Morgan fingerprint density at radius 1 is 1.27 bits per heavy atom. The van der Waals surface area contributed by atoms with Gasteiger partial charge in [0.2, 0.25) is 0 Å². The summed E-state index contributed by atoms with van der Waals surface area (Å²) in [4.78, 5) is 9.12. The van der Waals surface area contributed by atoms with Crippen molar-refractivity contribution >= 4 is 0 Å². The van der Waals surface area contributed by atoms with Gasteiger partial charge in [-0.05, 0) is 38.7 Å². The van der Waals surface area contributed by atoms with Gasteiger partial charge in [0.15, 0.2) is 0 Å². The lowest BCUT2D eigenvalue weighted by molar-refractivity contribution is 0.666. The van der Waals surface area contributed by atoms with Crippen LogP contribution in [-0.4, -0.2) is 16.0 Å². The summed E-state index contributed by atoms with van der Waals surface area (Å²) in [5, 5.41) is 3.50. The number of nitrogens with one attached hydrogen (secondary N) is 1. The fourth-order valence-electron chi connectivity index (χ4n) is 1.81. The van der Waals surface area contributed by atoms with E-state index in [-0.39, 0.29) is 0 Å². The fraction of sp³-hybridized carbons (Fsp3) is 0.667. The average Bonchev–Trinajstić information content (AvgIpc) is 3.06. The molecule has 0 aliphatic heterocycles. The van der Waals surface area contributed by atoms with Gasteiger partial charge in [0.05, 0.1) is 5.69 Å². The van der Waals surface area contributed by atoms with Crippen molar-refractivity contribution in [3.63, 3.8) is 0 Å². The monoisotopic (exact) mass is 203 g/mol. The minimum absolute atomic E-state index is 0.657. The van der Waals surface area contributed by atoms with E-state index in [1.807, 2.05) is 0 Å². The maximum atomic E-state index is 4.62. The Balaban J connectivity index is 1.73. The lowest BCUT2D eigenvalue weighted by Gasteiger charge is -2.05. The van der Waals surface area contributed by atoms with Crippen LogP contribution in [0, 0.1) is 6.92 Å². The first-order chi connectivity index (χ1) is 7.31. The standard InChI is InChI=1S/C12H17N3/c1-8-6-11(7-13-10-4-5-10)15-12(14-8)9-2-3-9/h6,9-10,13H,2-5,7H2,1H3. The van der Waals surface area contributed by atoms with Crippen molar-refractivity contribution in [1.82, 2.24) is 15.3 Å². The largest absolute Gasteiger partial charge is 0.308 e. The highest BCUT2D eigenvalue weighted by Crippen LogP contribution is 2.38. The van der Waals surface area contributed by atoms with E-state index in [1.54, 1.807) is 0 Å². The summed E-state index contributed by atoms with van der Waals surface area (Å²) in [5.74, 6) is 1.73. The van der Waals surface area contributed by atoms with Crippen LogP contribution in [0.4, 0.5) is 0 Å². The SMILES string of the molecule is Cc1cc(CNC2CC2)nc(C2CC2)n1. The number of aryl methyl sites for hydroxylation is 1. The van der Waals surface area contributed by atoms with Crippen LogP contribution in [0.1, 0.15) is 48.8 Å². The Labute approximate surface area is 90.3 Å². The zero-order valence-electron chi connectivity index (χ0n) is 9.16. The second-order valence-corrected chi connectivity index (χ2v) is 4.79. The Morgan fingerprint density at radius 2 is 2.07 bits per heavy atom. The fourth-order valence-corrected chi connectivity index (χ4v) is 1.81. The van der Waals surface area contributed by atoms with Crippen molar-refractivity contribution in [2.75, 3.05) is 0 Å². The molecule has 15 heavy (non-hydrogen) atoms. The van der Waals surface area contributed by atoms with Crippen molar-refractivity contribution < 1.29 is 0 Å². The molecular weight excluding hydrogens is 186 g/mol. The molecule has 2 aliphatic carbocycles. The average molecular weight is 203 g/mol. The molecular formula is C12H17N3. The van der Waals surface area contributed by atoms with E-state index in [4.69, 9.17) is 0 Å². The maximum absolute atomic E-state index is 4.62. The molecule has 0 spiro atoms. The normalized spacial score (nSPS) is 20.6. The number of rotatable bonds is 4. The Hall–Kier alpha value is -0.960. The van der Waals surface area contributed by atoms with Crippen LogP contribution >= 0.6 is 0 Å². The summed E-state index contributed by atoms with van der Waals surface area (Å²) in [6, 6.07) is 2.85. The van der Waals surface area contributed by atoms with E-state index in [0.29, 0.717) is 5.92 Å². The molecule has 0 aromatic carbocycles. The quantitative estimate of drug-likeness (QED) is 0.812. The van der Waals surface area contributed by atoms with Crippen LogP contribution < -0.4 is 5.32 Å². The van der Waals surface area contributed by atoms with Gasteiger partial charge in [-0.15, -0.1) is 0 Å². The summed E-state index contributed by atoms with van der Waals surface area (Å²) in [7, 11) is 0. The molecule has 2 saturated carbocycles. The third-order valence-electron chi connectivity index (χ3n) is 3.02. The third kappa shape index (κ3) is 2.34. The summed E-state index contributed by atoms with van der Waals surface area (Å²) in [6.45, 7) is 2.97. The van der Waals surface area contributed by atoms with Gasteiger partial charge in [-0.3, -0.25) is 0 Å². The number of hydrogen-bond acceptors (Lipinski definition) is 3. The summed E-state index contributed by atoms with van der Waals surface area (Å²) >= 11 is 0. The van der Waals surface area contributed by atoms with Crippen LogP contribution in [0.3, 0.4) is 0 Å². The van der Waals surface area contributed by atoms with Crippen LogP contribution in [0.25, 0.3) is 0 Å². The van der Waals surface area contributed by atoms with Gasteiger partial charge in [0.1, 0.15) is 5.82 Å². The predicted molar refractivity (Wildman–Crippen MR) is 58.6 cm³/mol. The highest BCUT2D eigenvalue weighted by Gasteiger charge is 2.27. The highest BCUT2D eigenvalue weighted by molar-refractivity contribution is 5.15. The molecule has 2 aliphatic rings. The molecule has 0 bridgehead atoms. The Kier molecular flexibility index (Phi) is 2.20. The minimum Gasteiger partial charge on any atom is -0.308 e. The van der Waals surface area contributed by atoms with Crippen molar-refractivity contribution in [2.24, 2.45) is 0 Å². The molecule has 2 fully saturated rings. The molecule has 1 N–H and O–H groups in total. The topological polar surface area (TPSA) is 37.8 Å². The number of hydrogen-bond donors (Lipinski definition) is 1. The van der Waals surface area contributed by atoms with Crippen molar-refractivity contribution in [1.29, 1.82) is 0 Å². The van der Waals surface area contributed by atoms with E-state index in [0.717, 1.165) is 29.8 Å². The molecule has 0 unspecified atom stereocenters. The zero-order chi connectivity index (χ0) is 10.3. The minimum atomic E-state index is 0.657. The summed E-state index contributed by atoms with van der Waals surface area (Å²) in [5.41, 5.74) is 2.27. The lowest BCUT2D eigenvalue weighted by Crippen LogP contribution is -2.17. The molecule has 0 saturated heterocycles. The number of nitrogens with zero attached hydrogens (tertiary/aromatic N) is 2. The van der Waals surface area contributed by atoms with Crippen molar-refractivity contribution in [2.45, 2.75) is 51.1 Å². The molecule has 0 atom stereocenters. The lowest BCUT2D eigenvalue weighted by atomic mass is 10.3. The van der Waals surface area contributed by atoms with Crippen LogP contribution in [0.2, 0.25) is 0 Å². The van der Waals surface area contributed by atoms with Crippen molar-refractivity contribution in [3.05, 3.63) is 23.3 Å². The van der Waals surface area contributed by atoms with Gasteiger partial charge in [-0.25, -0.2) is 9.97 Å². The summed E-state index contributed by atoms with van der Waals surface area (Å²) in [6.07, 6.45) is 5.22. The van der Waals surface area contributed by atoms with Crippen LogP contribution in [-0.2, 0) is 6.54 Å². The van der Waals surface area contributed by atoms with E-state index in [1.165, 1.54) is 25.7 Å². The molecule has 1 heterocycles. The first-order valence-corrected chi connectivity index (χ1v) is 5.89. The highest BCUT2D eigenvalue weighted by atomic mass is 15.0. The van der Waals surface area contributed by atoms with Gasteiger partial charge in [0, 0.05) is 24.2 Å². The first kappa shape index (κ1) is 9.28.